The standard InChI is InChI=1S/C42H24N4OS/c1-4-10-26(11-5-1)39-44-40(27-12-6-2-7-13-27)46-41(45-39)29-17-16-25-18-19-31-30(34(25)24-29)20-21-32-33-22-23-35-36(38(33)47-37(31)32)43-42(48-35)28-14-8-3-9-15-28/h1-24H. The molecule has 0 fully saturated rings. The lowest BCUT2D eigenvalue weighted by Gasteiger charge is -2.10. The van der Waals surface area contributed by atoms with E-state index in [1.807, 2.05) is 78.9 Å². The number of furan rings is 1. The molecule has 0 spiro atoms. The summed E-state index contributed by atoms with van der Waals surface area (Å²) in [5.74, 6) is 1.92. The lowest BCUT2D eigenvalue weighted by atomic mass is 9.98. The van der Waals surface area contributed by atoms with Gasteiger partial charge in [0.1, 0.15) is 16.1 Å². The third-order valence-electron chi connectivity index (χ3n) is 8.96. The molecule has 0 aliphatic heterocycles. The Balaban J connectivity index is 1.16. The minimum atomic E-state index is 0.631. The van der Waals surface area contributed by atoms with Crippen molar-refractivity contribution in [2.75, 3.05) is 0 Å². The summed E-state index contributed by atoms with van der Waals surface area (Å²) in [5.41, 5.74) is 6.53. The number of hydrogen-bond donors (Lipinski definition) is 0. The molecule has 48 heavy (non-hydrogen) atoms. The lowest BCUT2D eigenvalue weighted by molar-refractivity contribution is 0.675. The van der Waals surface area contributed by atoms with E-state index in [-0.39, 0.29) is 0 Å². The van der Waals surface area contributed by atoms with Crippen LogP contribution in [0.1, 0.15) is 0 Å². The summed E-state index contributed by atoms with van der Waals surface area (Å²) >= 11 is 1.69. The number of thiazole rings is 1. The van der Waals surface area contributed by atoms with E-state index in [2.05, 4.69) is 66.7 Å². The van der Waals surface area contributed by atoms with Crippen LogP contribution in [0.3, 0.4) is 0 Å². The van der Waals surface area contributed by atoms with E-state index < -0.39 is 0 Å². The van der Waals surface area contributed by atoms with Crippen LogP contribution in [0.2, 0.25) is 0 Å². The smallest absolute Gasteiger partial charge is 0.164 e. The molecular formula is C42H24N4OS. The van der Waals surface area contributed by atoms with Gasteiger partial charge < -0.3 is 4.42 Å². The van der Waals surface area contributed by atoms with Crippen molar-refractivity contribution in [3.05, 3.63) is 146 Å². The Bertz CT molecular complexity index is 2770. The maximum atomic E-state index is 6.73. The molecule has 0 bridgehead atoms. The zero-order valence-electron chi connectivity index (χ0n) is 25.5. The molecule has 10 rings (SSSR count). The number of aromatic nitrogens is 4. The van der Waals surface area contributed by atoms with Crippen molar-refractivity contribution in [1.82, 2.24) is 19.9 Å². The van der Waals surface area contributed by atoms with Gasteiger partial charge in [-0.3, -0.25) is 0 Å². The highest BCUT2D eigenvalue weighted by Gasteiger charge is 2.18. The molecule has 224 valence electrons. The first kappa shape index (κ1) is 26.9. The highest BCUT2D eigenvalue weighted by atomic mass is 32.1. The summed E-state index contributed by atoms with van der Waals surface area (Å²) in [5, 5.41) is 7.57. The van der Waals surface area contributed by atoms with Crippen LogP contribution in [0.5, 0.6) is 0 Å². The monoisotopic (exact) mass is 632 g/mol. The summed E-state index contributed by atoms with van der Waals surface area (Å²) in [6.07, 6.45) is 0. The van der Waals surface area contributed by atoms with Crippen LogP contribution in [0, 0.1) is 0 Å². The maximum absolute atomic E-state index is 6.73. The third kappa shape index (κ3) is 4.31. The molecule has 0 unspecified atom stereocenters. The molecule has 0 saturated heterocycles. The van der Waals surface area contributed by atoms with Crippen LogP contribution < -0.4 is 0 Å². The predicted octanol–water partition coefficient (Wildman–Crippen LogP) is 11.4. The second-order valence-corrected chi connectivity index (χ2v) is 12.9. The molecular weight excluding hydrogens is 609 g/mol. The van der Waals surface area contributed by atoms with Crippen molar-refractivity contribution in [3.63, 3.8) is 0 Å². The molecule has 0 saturated carbocycles. The van der Waals surface area contributed by atoms with Crippen LogP contribution in [0.25, 0.3) is 98.4 Å². The second-order valence-electron chi connectivity index (χ2n) is 11.9. The molecule has 5 nitrogen and oxygen atoms in total. The Morgan fingerprint density at radius 1 is 0.396 bits per heavy atom. The van der Waals surface area contributed by atoms with Gasteiger partial charge in [-0.1, -0.05) is 115 Å². The first-order valence-corrected chi connectivity index (χ1v) is 16.6. The minimum Gasteiger partial charge on any atom is -0.453 e. The molecule has 6 heteroatoms. The normalized spacial score (nSPS) is 11.8. The van der Waals surface area contributed by atoms with Gasteiger partial charge in [0.15, 0.2) is 23.1 Å². The van der Waals surface area contributed by atoms with E-state index in [4.69, 9.17) is 24.4 Å². The van der Waals surface area contributed by atoms with Crippen LogP contribution in [-0.4, -0.2) is 19.9 Å². The summed E-state index contributed by atoms with van der Waals surface area (Å²) in [4.78, 5) is 19.9. The maximum Gasteiger partial charge on any atom is 0.164 e. The Hall–Kier alpha value is -6.24. The number of hydrogen-bond acceptors (Lipinski definition) is 6. The van der Waals surface area contributed by atoms with Crippen molar-refractivity contribution in [3.8, 4) is 44.7 Å². The first-order chi connectivity index (χ1) is 23.8. The molecule has 3 aromatic heterocycles. The fourth-order valence-corrected chi connectivity index (χ4v) is 7.57. The van der Waals surface area contributed by atoms with E-state index in [1.54, 1.807) is 11.3 Å². The van der Waals surface area contributed by atoms with Gasteiger partial charge in [0, 0.05) is 38.4 Å². The van der Waals surface area contributed by atoms with E-state index in [0.29, 0.717) is 17.5 Å². The molecule has 0 amide bonds. The Kier molecular flexibility index (Phi) is 5.98. The molecule has 10 aromatic rings. The Morgan fingerprint density at radius 3 is 1.60 bits per heavy atom. The number of fused-ring (bicyclic) bond motifs is 9. The summed E-state index contributed by atoms with van der Waals surface area (Å²) in [7, 11) is 0. The molecule has 3 heterocycles. The van der Waals surface area contributed by atoms with Crippen molar-refractivity contribution >= 4 is 65.0 Å². The number of rotatable bonds is 4. The van der Waals surface area contributed by atoms with Crippen molar-refractivity contribution in [2.24, 2.45) is 0 Å². The van der Waals surface area contributed by atoms with Crippen molar-refractivity contribution in [2.45, 2.75) is 0 Å². The summed E-state index contributed by atoms with van der Waals surface area (Å²) in [6.45, 7) is 0. The fraction of sp³-hybridized carbons (Fsp3) is 0. The van der Waals surface area contributed by atoms with E-state index in [9.17, 15) is 0 Å². The Morgan fingerprint density at radius 2 is 0.917 bits per heavy atom. The van der Waals surface area contributed by atoms with Gasteiger partial charge in [0.05, 0.1) is 4.70 Å². The Labute approximate surface area is 278 Å². The lowest BCUT2D eigenvalue weighted by Crippen LogP contribution is -2.00. The molecule has 0 radical (unpaired) electrons. The largest absolute Gasteiger partial charge is 0.453 e. The van der Waals surface area contributed by atoms with Crippen LogP contribution in [0.15, 0.2) is 150 Å². The van der Waals surface area contributed by atoms with Gasteiger partial charge in [-0.2, -0.15) is 0 Å². The van der Waals surface area contributed by atoms with E-state index in [1.165, 1.54) is 0 Å². The van der Waals surface area contributed by atoms with Gasteiger partial charge in [-0.05, 0) is 46.5 Å². The minimum absolute atomic E-state index is 0.631. The average Bonchev–Trinajstić information content (AvgIpc) is 3.78. The van der Waals surface area contributed by atoms with Crippen LogP contribution in [0.4, 0.5) is 0 Å². The quantitative estimate of drug-likeness (QED) is 0.181. The predicted molar refractivity (Wildman–Crippen MR) is 197 cm³/mol. The topological polar surface area (TPSA) is 64.7 Å². The molecule has 0 N–H and O–H groups in total. The highest BCUT2D eigenvalue weighted by molar-refractivity contribution is 7.21. The van der Waals surface area contributed by atoms with E-state index >= 15 is 0 Å². The summed E-state index contributed by atoms with van der Waals surface area (Å²) < 4.78 is 7.85. The van der Waals surface area contributed by atoms with Gasteiger partial charge in [-0.25, -0.2) is 19.9 Å². The third-order valence-corrected chi connectivity index (χ3v) is 10.0. The highest BCUT2D eigenvalue weighted by Crippen LogP contribution is 2.42. The van der Waals surface area contributed by atoms with E-state index in [0.717, 1.165) is 81.0 Å². The van der Waals surface area contributed by atoms with Gasteiger partial charge >= 0.3 is 0 Å². The van der Waals surface area contributed by atoms with Gasteiger partial charge in [0.2, 0.25) is 0 Å². The van der Waals surface area contributed by atoms with Crippen molar-refractivity contribution < 1.29 is 4.42 Å². The average molecular weight is 633 g/mol. The summed E-state index contributed by atoms with van der Waals surface area (Å²) in [6, 6.07) is 49.9. The van der Waals surface area contributed by atoms with Gasteiger partial charge in [-0.15, -0.1) is 11.3 Å². The number of benzene rings is 7. The van der Waals surface area contributed by atoms with Crippen molar-refractivity contribution in [1.29, 1.82) is 0 Å². The zero-order valence-corrected chi connectivity index (χ0v) is 26.3. The molecule has 0 aliphatic rings. The molecule has 0 atom stereocenters. The van der Waals surface area contributed by atoms with Gasteiger partial charge in [0.25, 0.3) is 0 Å². The molecule has 0 aliphatic carbocycles. The second kappa shape index (κ2) is 10.7. The molecule has 7 aromatic carbocycles. The SMILES string of the molecule is c1ccc(-c2nc(-c3ccccc3)nc(-c3ccc4ccc5c(ccc6c7ccc8sc(-c9ccccc9)nc8c7oc56)c4c3)n2)cc1. The van der Waals surface area contributed by atoms with Crippen LogP contribution >= 0.6 is 11.3 Å². The first-order valence-electron chi connectivity index (χ1n) is 15.8. The zero-order chi connectivity index (χ0) is 31.6. The van der Waals surface area contributed by atoms with Crippen LogP contribution in [-0.2, 0) is 0 Å². The fourth-order valence-electron chi connectivity index (χ4n) is 6.60. The number of nitrogens with zero attached hydrogens (tertiary/aromatic N) is 4.